The molecule has 1 aliphatic rings. The number of ketones is 1. The molecule has 1 atom stereocenters. The third-order valence-corrected chi connectivity index (χ3v) is 4.99. The van der Waals surface area contributed by atoms with E-state index in [1.54, 1.807) is 12.1 Å². The van der Waals surface area contributed by atoms with Gasteiger partial charge < -0.3 is 15.8 Å². The van der Waals surface area contributed by atoms with E-state index in [2.05, 4.69) is 10.3 Å². The Labute approximate surface area is 167 Å². The van der Waals surface area contributed by atoms with Crippen molar-refractivity contribution in [3.05, 3.63) is 53.7 Å². The zero-order chi connectivity index (χ0) is 20.8. The highest BCUT2D eigenvalue weighted by atomic mass is 19.1. The van der Waals surface area contributed by atoms with Gasteiger partial charge >= 0.3 is 0 Å². The lowest BCUT2D eigenvalue weighted by Gasteiger charge is -2.20. The van der Waals surface area contributed by atoms with Gasteiger partial charge in [0.05, 0.1) is 6.04 Å². The molecule has 1 heterocycles. The molecule has 0 saturated heterocycles. The average Bonchev–Trinajstić information content (AvgIpc) is 3.22. The number of hydrogen-bond donors (Lipinski definition) is 2. The summed E-state index contributed by atoms with van der Waals surface area (Å²) < 4.78 is 32.6. The van der Waals surface area contributed by atoms with Crippen LogP contribution in [0.4, 0.5) is 14.6 Å². The smallest absolute Gasteiger partial charge is 0.223 e. The summed E-state index contributed by atoms with van der Waals surface area (Å²) in [5.41, 5.74) is 6.40. The number of rotatable bonds is 8. The largest absolute Gasteiger partial charge is 0.480 e. The Bertz CT molecular complexity index is 865. The first-order valence-corrected chi connectivity index (χ1v) is 9.54. The lowest BCUT2D eigenvalue weighted by atomic mass is 10.0. The third-order valence-electron chi connectivity index (χ3n) is 4.99. The molecule has 1 fully saturated rings. The highest BCUT2D eigenvalue weighted by Gasteiger charge is 2.28. The first kappa shape index (κ1) is 20.7. The number of anilines is 1. The van der Waals surface area contributed by atoms with Gasteiger partial charge in [-0.05, 0) is 42.7 Å². The van der Waals surface area contributed by atoms with Gasteiger partial charge in [0.25, 0.3) is 0 Å². The Morgan fingerprint density at radius 1 is 1.21 bits per heavy atom. The van der Waals surface area contributed by atoms with Crippen LogP contribution >= 0.6 is 0 Å². The van der Waals surface area contributed by atoms with E-state index in [4.69, 9.17) is 10.5 Å². The van der Waals surface area contributed by atoms with Crippen molar-refractivity contribution in [1.29, 1.82) is 0 Å². The topological polar surface area (TPSA) is 94.3 Å². The molecule has 1 aliphatic carbocycles. The Morgan fingerprint density at radius 3 is 2.55 bits per heavy atom. The number of hydrogen-bond acceptors (Lipinski definition) is 5. The molecule has 1 saturated carbocycles. The lowest BCUT2D eigenvalue weighted by Crippen LogP contribution is -2.46. The molecule has 3 rings (SSSR count). The number of nitrogen functional groups attached to an aromatic ring is 1. The first-order chi connectivity index (χ1) is 13.9. The number of carbonyl (C=O) groups is 2. The lowest BCUT2D eigenvalue weighted by molar-refractivity contribution is -0.131. The van der Waals surface area contributed by atoms with Crippen molar-refractivity contribution in [3.63, 3.8) is 0 Å². The van der Waals surface area contributed by atoms with Gasteiger partial charge in [0.1, 0.15) is 12.4 Å². The number of Topliss-reactive ketones (excluding diaryl/α,β-unsaturated/α-hetero) is 1. The number of halogens is 2. The molecule has 29 heavy (non-hydrogen) atoms. The summed E-state index contributed by atoms with van der Waals surface area (Å²) in [6.45, 7) is -0.575. The molecule has 1 aromatic heterocycles. The summed E-state index contributed by atoms with van der Waals surface area (Å²) in [6.07, 6.45) is 5.21. The van der Waals surface area contributed by atoms with Crippen LogP contribution in [0.2, 0.25) is 0 Å². The maximum atomic E-state index is 13.7. The van der Waals surface area contributed by atoms with Crippen LogP contribution < -0.4 is 15.8 Å². The zero-order valence-electron chi connectivity index (χ0n) is 15.9. The quantitative estimate of drug-likeness (QED) is 0.707. The van der Waals surface area contributed by atoms with Crippen molar-refractivity contribution in [2.75, 3.05) is 12.3 Å². The molecular formula is C21H23F2N3O3. The van der Waals surface area contributed by atoms with Crippen LogP contribution in [0, 0.1) is 17.6 Å². The molecule has 6 nitrogen and oxygen atoms in total. The highest BCUT2D eigenvalue weighted by molar-refractivity contribution is 5.91. The molecule has 0 spiro atoms. The summed E-state index contributed by atoms with van der Waals surface area (Å²) in [5, 5.41) is 2.77. The van der Waals surface area contributed by atoms with Crippen molar-refractivity contribution < 1.29 is 23.1 Å². The molecule has 154 valence electrons. The number of carbonyl (C=O) groups excluding carboxylic acids is 2. The minimum absolute atomic E-state index is 0.127. The van der Waals surface area contributed by atoms with E-state index in [0.717, 1.165) is 37.8 Å². The van der Waals surface area contributed by atoms with Gasteiger partial charge in [-0.15, -0.1) is 0 Å². The second kappa shape index (κ2) is 9.45. The summed E-state index contributed by atoms with van der Waals surface area (Å²) in [5.74, 6) is -2.93. The predicted molar refractivity (Wildman–Crippen MR) is 103 cm³/mol. The number of benzene rings is 1. The van der Waals surface area contributed by atoms with E-state index in [9.17, 15) is 18.4 Å². The van der Waals surface area contributed by atoms with E-state index in [1.165, 1.54) is 12.3 Å². The van der Waals surface area contributed by atoms with Crippen molar-refractivity contribution in [2.24, 2.45) is 5.92 Å². The molecule has 0 radical (unpaired) electrons. The van der Waals surface area contributed by atoms with Crippen LogP contribution in [0.3, 0.4) is 0 Å². The molecule has 0 bridgehead atoms. The van der Waals surface area contributed by atoms with Gasteiger partial charge in [0.15, 0.2) is 23.2 Å². The maximum absolute atomic E-state index is 13.7. The van der Waals surface area contributed by atoms with Crippen molar-refractivity contribution in [3.8, 4) is 5.75 Å². The highest BCUT2D eigenvalue weighted by Crippen LogP contribution is 2.25. The van der Waals surface area contributed by atoms with Gasteiger partial charge in [-0.1, -0.05) is 18.9 Å². The normalized spacial score (nSPS) is 15.1. The van der Waals surface area contributed by atoms with Crippen LogP contribution in [0.5, 0.6) is 5.75 Å². The predicted octanol–water partition coefficient (Wildman–Crippen LogP) is 2.81. The molecule has 1 amide bonds. The molecule has 8 heteroatoms. The first-order valence-electron chi connectivity index (χ1n) is 9.54. The Balaban J connectivity index is 1.71. The molecule has 1 unspecified atom stereocenters. The molecule has 1 aromatic carbocycles. The number of amides is 1. The summed E-state index contributed by atoms with van der Waals surface area (Å²) in [6, 6.07) is 5.69. The summed E-state index contributed by atoms with van der Waals surface area (Å²) in [7, 11) is 0. The second-order valence-corrected chi connectivity index (χ2v) is 7.14. The molecule has 2 aromatic rings. The van der Waals surface area contributed by atoms with Crippen LogP contribution in [0.25, 0.3) is 0 Å². The Morgan fingerprint density at radius 2 is 1.90 bits per heavy atom. The van der Waals surface area contributed by atoms with Gasteiger partial charge in [-0.25, -0.2) is 13.8 Å². The number of nitrogens with two attached hydrogens (primary N) is 1. The van der Waals surface area contributed by atoms with Crippen LogP contribution in [0.1, 0.15) is 31.2 Å². The minimum atomic E-state index is -0.903. The summed E-state index contributed by atoms with van der Waals surface area (Å²) in [4.78, 5) is 29.2. The fourth-order valence-electron chi connectivity index (χ4n) is 3.44. The average molecular weight is 403 g/mol. The SMILES string of the molecule is Nc1cc(CC(NC(=O)C2CCCC2)C(=O)COc2c(F)cccc2F)ccn1. The number of nitrogens with zero attached hydrogens (tertiary/aromatic N) is 1. The number of ether oxygens (including phenoxy) is 1. The molecule has 0 aliphatic heterocycles. The van der Waals surface area contributed by atoms with Gasteiger partial charge in [-0.2, -0.15) is 0 Å². The zero-order valence-corrected chi connectivity index (χ0v) is 15.9. The Hall–Kier alpha value is -3.03. The third kappa shape index (κ3) is 5.49. The monoisotopic (exact) mass is 403 g/mol. The van der Waals surface area contributed by atoms with E-state index < -0.39 is 35.8 Å². The van der Waals surface area contributed by atoms with Crippen LogP contribution in [0.15, 0.2) is 36.5 Å². The van der Waals surface area contributed by atoms with E-state index in [-0.39, 0.29) is 18.2 Å². The minimum Gasteiger partial charge on any atom is -0.480 e. The number of para-hydroxylation sites is 1. The van der Waals surface area contributed by atoms with Gasteiger partial charge in [0.2, 0.25) is 5.91 Å². The number of nitrogens with one attached hydrogen (secondary N) is 1. The van der Waals surface area contributed by atoms with Crippen LogP contribution in [-0.4, -0.2) is 29.3 Å². The van der Waals surface area contributed by atoms with Gasteiger partial charge in [0, 0.05) is 18.5 Å². The summed E-state index contributed by atoms with van der Waals surface area (Å²) >= 11 is 0. The maximum Gasteiger partial charge on any atom is 0.223 e. The number of pyridine rings is 1. The molecule has 3 N–H and O–H groups in total. The Kier molecular flexibility index (Phi) is 6.74. The number of aromatic nitrogens is 1. The standard InChI is InChI=1S/C21H23F2N3O3/c22-15-6-3-7-16(23)20(15)29-12-18(27)17(10-13-8-9-25-19(24)11-13)26-21(28)14-4-1-2-5-14/h3,6-9,11,14,17H,1-2,4-5,10,12H2,(H2,24,25)(H,26,28). The van der Waals surface area contributed by atoms with E-state index >= 15 is 0 Å². The van der Waals surface area contributed by atoms with E-state index in [1.807, 2.05) is 0 Å². The fourth-order valence-corrected chi connectivity index (χ4v) is 3.44. The van der Waals surface area contributed by atoms with Crippen molar-refractivity contribution >= 4 is 17.5 Å². The fraction of sp³-hybridized carbons (Fsp3) is 0.381. The van der Waals surface area contributed by atoms with Crippen molar-refractivity contribution in [1.82, 2.24) is 10.3 Å². The van der Waals surface area contributed by atoms with Crippen LogP contribution in [-0.2, 0) is 16.0 Å². The van der Waals surface area contributed by atoms with Gasteiger partial charge in [-0.3, -0.25) is 9.59 Å². The second-order valence-electron chi connectivity index (χ2n) is 7.14. The van der Waals surface area contributed by atoms with Crippen molar-refractivity contribution in [2.45, 2.75) is 38.1 Å². The molecular weight excluding hydrogens is 380 g/mol. The van der Waals surface area contributed by atoms with E-state index in [0.29, 0.717) is 11.4 Å².